The zero-order chi connectivity index (χ0) is 14.7. The minimum Gasteiger partial charge on any atom is -0.381 e. The van der Waals surface area contributed by atoms with Crippen molar-refractivity contribution in [3.05, 3.63) is 38.3 Å². The van der Waals surface area contributed by atoms with Crippen molar-refractivity contribution in [3.63, 3.8) is 0 Å². The molecular weight excluding hydrogens is 328 g/mol. The molecule has 0 radical (unpaired) electrons. The summed E-state index contributed by atoms with van der Waals surface area (Å²) < 4.78 is 5.64. The van der Waals surface area contributed by atoms with Gasteiger partial charge < -0.3 is 9.64 Å². The van der Waals surface area contributed by atoms with Crippen molar-refractivity contribution in [1.82, 2.24) is 4.90 Å². The number of hydrogen-bond donors (Lipinski definition) is 0. The van der Waals surface area contributed by atoms with Crippen molar-refractivity contribution in [2.45, 2.75) is 18.9 Å². The van der Waals surface area contributed by atoms with Gasteiger partial charge in [-0.15, -0.1) is 0 Å². The van der Waals surface area contributed by atoms with E-state index in [1.807, 2.05) is 0 Å². The van der Waals surface area contributed by atoms with E-state index in [1.165, 1.54) is 12.1 Å². The maximum absolute atomic E-state index is 12.4. The van der Waals surface area contributed by atoms with Gasteiger partial charge in [0, 0.05) is 37.9 Å². The van der Waals surface area contributed by atoms with Gasteiger partial charge in [-0.25, -0.2) is 0 Å². The number of carbonyl (C=O) groups excluding carboxylic acids is 1. The molecule has 0 aromatic heterocycles. The highest BCUT2D eigenvalue weighted by Gasteiger charge is 2.25. The minimum absolute atomic E-state index is 0.101. The van der Waals surface area contributed by atoms with Gasteiger partial charge >= 0.3 is 0 Å². The van der Waals surface area contributed by atoms with Crippen molar-refractivity contribution in [2.75, 3.05) is 20.3 Å². The van der Waals surface area contributed by atoms with Gasteiger partial charge in [-0.05, 0) is 40.9 Å². The highest BCUT2D eigenvalue weighted by atomic mass is 79.9. The molecule has 0 unspecified atom stereocenters. The van der Waals surface area contributed by atoms with Gasteiger partial charge in [0.25, 0.3) is 11.6 Å². The van der Waals surface area contributed by atoms with Crippen LogP contribution >= 0.6 is 15.9 Å². The van der Waals surface area contributed by atoms with E-state index in [1.54, 1.807) is 18.0 Å². The van der Waals surface area contributed by atoms with E-state index in [-0.39, 0.29) is 17.6 Å². The van der Waals surface area contributed by atoms with Gasteiger partial charge in [0.1, 0.15) is 0 Å². The molecule has 0 bridgehead atoms. The molecule has 0 saturated carbocycles. The van der Waals surface area contributed by atoms with Gasteiger partial charge in [0.05, 0.1) is 9.40 Å². The van der Waals surface area contributed by atoms with Gasteiger partial charge in [-0.1, -0.05) is 0 Å². The second-order valence-electron chi connectivity index (χ2n) is 4.68. The highest BCUT2D eigenvalue weighted by Crippen LogP contribution is 2.26. The van der Waals surface area contributed by atoms with Crippen LogP contribution in [0.5, 0.6) is 0 Å². The normalized spacial score (nSPS) is 15.9. The summed E-state index contributed by atoms with van der Waals surface area (Å²) >= 11 is 3.11. The number of hydrogen-bond acceptors (Lipinski definition) is 4. The molecule has 20 heavy (non-hydrogen) atoms. The van der Waals surface area contributed by atoms with Crippen molar-refractivity contribution in [1.29, 1.82) is 0 Å². The van der Waals surface area contributed by atoms with Crippen molar-refractivity contribution in [3.8, 4) is 0 Å². The first-order valence-corrected chi connectivity index (χ1v) is 7.09. The Bertz CT molecular complexity index is 529. The Morgan fingerprint density at radius 1 is 1.45 bits per heavy atom. The third-order valence-corrected chi connectivity index (χ3v) is 4.12. The lowest BCUT2D eigenvalue weighted by molar-refractivity contribution is -0.385. The van der Waals surface area contributed by atoms with Gasteiger partial charge in [-0.2, -0.15) is 0 Å². The minimum atomic E-state index is -0.505. The van der Waals surface area contributed by atoms with Crippen molar-refractivity contribution in [2.24, 2.45) is 0 Å². The lowest BCUT2D eigenvalue weighted by Gasteiger charge is -2.31. The molecule has 6 nitrogen and oxygen atoms in total. The summed E-state index contributed by atoms with van der Waals surface area (Å²) in [5, 5.41) is 10.9. The second-order valence-corrected chi connectivity index (χ2v) is 5.54. The van der Waals surface area contributed by atoms with Gasteiger partial charge in [0.15, 0.2) is 0 Å². The molecule has 1 aromatic rings. The number of rotatable bonds is 3. The molecule has 1 fully saturated rings. The van der Waals surface area contributed by atoms with Crippen LogP contribution in [0.25, 0.3) is 0 Å². The number of nitrogens with zero attached hydrogens (tertiary/aromatic N) is 2. The number of amides is 1. The molecule has 1 amide bonds. The average Bonchev–Trinajstić information content (AvgIpc) is 2.47. The summed E-state index contributed by atoms with van der Waals surface area (Å²) in [5.41, 5.74) is 0.227. The van der Waals surface area contributed by atoms with E-state index < -0.39 is 4.92 Å². The summed E-state index contributed by atoms with van der Waals surface area (Å²) in [6, 6.07) is 4.56. The van der Waals surface area contributed by atoms with Crippen LogP contribution in [-0.2, 0) is 4.74 Å². The molecule has 0 N–H and O–H groups in total. The Morgan fingerprint density at radius 2 is 2.10 bits per heavy atom. The molecule has 7 heteroatoms. The van der Waals surface area contributed by atoms with Crippen LogP contribution in [0, 0.1) is 10.1 Å². The van der Waals surface area contributed by atoms with E-state index in [2.05, 4.69) is 15.9 Å². The summed E-state index contributed by atoms with van der Waals surface area (Å²) in [7, 11) is 1.73. The van der Waals surface area contributed by atoms with E-state index in [9.17, 15) is 14.9 Å². The smallest absolute Gasteiger partial charge is 0.284 e. The van der Waals surface area contributed by atoms with Crippen molar-refractivity contribution < 1.29 is 14.5 Å². The number of benzene rings is 1. The number of nitro groups is 1. The van der Waals surface area contributed by atoms with Gasteiger partial charge in [-0.3, -0.25) is 14.9 Å². The third-order valence-electron chi connectivity index (χ3n) is 3.45. The van der Waals surface area contributed by atoms with Crippen LogP contribution in [0.4, 0.5) is 5.69 Å². The maximum Gasteiger partial charge on any atom is 0.284 e. The number of nitro benzene ring substituents is 1. The lowest BCUT2D eigenvalue weighted by atomic mass is 10.1. The maximum atomic E-state index is 12.4. The molecule has 1 heterocycles. The third kappa shape index (κ3) is 3.16. The number of ether oxygens (including phenoxy) is 1. The largest absolute Gasteiger partial charge is 0.381 e. The molecule has 2 rings (SSSR count). The quantitative estimate of drug-likeness (QED) is 0.625. The Kier molecular flexibility index (Phi) is 4.72. The van der Waals surface area contributed by atoms with E-state index >= 15 is 0 Å². The van der Waals surface area contributed by atoms with Crippen molar-refractivity contribution >= 4 is 27.5 Å². The van der Waals surface area contributed by atoms with Crippen LogP contribution in [0.1, 0.15) is 23.2 Å². The predicted molar refractivity (Wildman–Crippen MR) is 76.7 cm³/mol. The fourth-order valence-electron chi connectivity index (χ4n) is 2.23. The highest BCUT2D eigenvalue weighted by molar-refractivity contribution is 9.10. The Balaban J connectivity index is 2.19. The van der Waals surface area contributed by atoms with E-state index in [0.717, 1.165) is 12.8 Å². The van der Waals surface area contributed by atoms with E-state index in [4.69, 9.17) is 4.74 Å². The predicted octanol–water partition coefficient (Wildman–Crippen LogP) is 2.61. The fraction of sp³-hybridized carbons (Fsp3) is 0.462. The molecule has 108 valence electrons. The first-order chi connectivity index (χ1) is 9.50. The first-order valence-electron chi connectivity index (χ1n) is 6.29. The molecule has 1 aromatic carbocycles. The SMILES string of the molecule is CN(C(=O)c1ccc(Br)c([N+](=O)[O-])c1)C1CCOCC1. The summed E-state index contributed by atoms with van der Waals surface area (Å²) in [4.78, 5) is 24.4. The Hall–Kier alpha value is -1.47. The molecule has 0 aliphatic carbocycles. The van der Waals surface area contributed by atoms with E-state index in [0.29, 0.717) is 23.2 Å². The molecule has 1 aliphatic heterocycles. The number of carbonyl (C=O) groups is 1. The topological polar surface area (TPSA) is 72.7 Å². The Labute approximate surface area is 125 Å². The molecule has 1 aliphatic rings. The summed E-state index contributed by atoms with van der Waals surface area (Å²) in [5.74, 6) is -0.201. The monoisotopic (exact) mass is 342 g/mol. The zero-order valence-corrected chi connectivity index (χ0v) is 12.6. The number of halogens is 1. The average molecular weight is 343 g/mol. The van der Waals surface area contributed by atoms with Crippen LogP contribution in [0.15, 0.2) is 22.7 Å². The molecule has 1 saturated heterocycles. The fourth-order valence-corrected chi connectivity index (χ4v) is 2.62. The van der Waals surface area contributed by atoms with Crippen LogP contribution < -0.4 is 0 Å². The second kappa shape index (κ2) is 6.32. The summed E-state index contributed by atoms with van der Waals surface area (Å²) in [6.07, 6.45) is 1.59. The molecular formula is C13H15BrN2O4. The molecule has 0 spiro atoms. The van der Waals surface area contributed by atoms with Crippen LogP contribution in [0.3, 0.4) is 0 Å². The standard InChI is InChI=1S/C13H15BrN2O4/c1-15(10-4-6-20-7-5-10)13(17)9-2-3-11(14)12(8-9)16(18)19/h2-3,8,10H,4-7H2,1H3. The van der Waals surface area contributed by atoms with Gasteiger partial charge in [0.2, 0.25) is 0 Å². The molecule has 0 atom stereocenters. The Morgan fingerprint density at radius 3 is 2.70 bits per heavy atom. The summed E-state index contributed by atoms with van der Waals surface area (Å²) in [6.45, 7) is 1.28. The van der Waals surface area contributed by atoms with Crippen LogP contribution in [0.2, 0.25) is 0 Å². The zero-order valence-electron chi connectivity index (χ0n) is 11.0. The first kappa shape index (κ1) is 14.9. The lowest BCUT2D eigenvalue weighted by Crippen LogP contribution is -2.40. The van der Waals surface area contributed by atoms with Crippen LogP contribution in [-0.4, -0.2) is 42.0 Å².